The number of benzene rings is 2. The van der Waals surface area contributed by atoms with E-state index in [0.29, 0.717) is 23.7 Å². The fraction of sp³-hybridized carbons (Fsp3) is 0.586. The second kappa shape index (κ2) is 7.29. The van der Waals surface area contributed by atoms with E-state index in [1.165, 1.54) is 62.6 Å². The zero-order valence-corrected chi connectivity index (χ0v) is 19.6. The van der Waals surface area contributed by atoms with Crippen molar-refractivity contribution in [3.63, 3.8) is 0 Å². The first kappa shape index (κ1) is 19.7. The minimum absolute atomic E-state index is 0.328. The Morgan fingerprint density at radius 3 is 1.87 bits per heavy atom. The van der Waals surface area contributed by atoms with Crippen molar-refractivity contribution in [1.82, 2.24) is 0 Å². The SMILES string of the molecule is Cc1ccccc1N1C(C)N2c3ccccc3C(C3CCCC3)(C3CCCC3)C2[C@@H]1C. The van der Waals surface area contributed by atoms with Crippen LogP contribution in [0.15, 0.2) is 48.5 Å². The van der Waals surface area contributed by atoms with Crippen LogP contribution in [0.25, 0.3) is 0 Å². The Morgan fingerprint density at radius 1 is 0.710 bits per heavy atom. The van der Waals surface area contributed by atoms with E-state index in [9.17, 15) is 0 Å². The number of anilines is 2. The lowest BCUT2D eigenvalue weighted by atomic mass is 9.57. The summed E-state index contributed by atoms with van der Waals surface area (Å²) in [6.07, 6.45) is 11.8. The maximum absolute atomic E-state index is 2.86. The highest BCUT2D eigenvalue weighted by Gasteiger charge is 2.65. The van der Waals surface area contributed by atoms with Crippen LogP contribution in [0.4, 0.5) is 11.4 Å². The molecule has 1 saturated heterocycles. The Kier molecular flexibility index (Phi) is 4.63. The highest BCUT2D eigenvalue weighted by molar-refractivity contribution is 5.72. The number of hydrogen-bond acceptors (Lipinski definition) is 2. The molecule has 0 radical (unpaired) electrons. The Balaban J connectivity index is 1.56. The van der Waals surface area contributed by atoms with E-state index < -0.39 is 0 Å². The third-order valence-corrected chi connectivity index (χ3v) is 9.59. The van der Waals surface area contributed by atoms with Crippen LogP contribution >= 0.6 is 0 Å². The monoisotopic (exact) mass is 414 g/mol. The molecule has 164 valence electrons. The standard InChI is InChI=1S/C29H38N2/c1-20-12-4-10-18-26(20)30-21(2)28-29(23-13-5-6-14-23,24-15-7-8-16-24)25-17-9-11-19-27(25)31(28)22(30)3/h4,9-12,17-19,21-24,28H,5-8,13-16H2,1-3H3/t21-,22?,28?/m0/s1. The summed E-state index contributed by atoms with van der Waals surface area (Å²) in [5.41, 5.74) is 6.42. The largest absolute Gasteiger partial charge is 0.346 e. The van der Waals surface area contributed by atoms with E-state index in [1.54, 1.807) is 11.3 Å². The van der Waals surface area contributed by atoms with Crippen molar-refractivity contribution >= 4 is 11.4 Å². The van der Waals surface area contributed by atoms with Crippen molar-refractivity contribution in [1.29, 1.82) is 0 Å². The molecule has 2 aromatic carbocycles. The molecule has 0 bridgehead atoms. The molecule has 3 fully saturated rings. The first-order chi connectivity index (χ1) is 15.2. The zero-order valence-electron chi connectivity index (χ0n) is 19.6. The van der Waals surface area contributed by atoms with Crippen molar-refractivity contribution in [2.75, 3.05) is 9.80 Å². The van der Waals surface area contributed by atoms with Gasteiger partial charge in [-0.3, -0.25) is 0 Å². The number of para-hydroxylation sites is 2. The maximum atomic E-state index is 2.86. The predicted octanol–water partition coefficient (Wildman–Crippen LogP) is 7.06. The summed E-state index contributed by atoms with van der Waals surface area (Å²) in [5, 5.41) is 0. The number of rotatable bonds is 3. The number of fused-ring (bicyclic) bond motifs is 3. The maximum Gasteiger partial charge on any atom is 0.0994 e. The van der Waals surface area contributed by atoms with Gasteiger partial charge in [0.15, 0.2) is 0 Å². The average Bonchev–Trinajstić information content (AvgIpc) is 3.56. The first-order valence-electron chi connectivity index (χ1n) is 12.9. The molecule has 0 aromatic heterocycles. The highest BCUT2D eigenvalue weighted by atomic mass is 15.5. The van der Waals surface area contributed by atoms with Crippen LogP contribution in [-0.4, -0.2) is 18.2 Å². The van der Waals surface area contributed by atoms with Gasteiger partial charge in [-0.1, -0.05) is 62.1 Å². The number of hydrogen-bond donors (Lipinski definition) is 0. The van der Waals surface area contributed by atoms with Gasteiger partial charge in [-0.2, -0.15) is 0 Å². The Morgan fingerprint density at radius 2 is 1.26 bits per heavy atom. The van der Waals surface area contributed by atoms with Gasteiger partial charge in [-0.25, -0.2) is 0 Å². The van der Waals surface area contributed by atoms with Crippen molar-refractivity contribution in [2.45, 2.75) is 95.8 Å². The summed E-state index contributed by atoms with van der Waals surface area (Å²) in [6, 6.07) is 19.7. The first-order valence-corrected chi connectivity index (χ1v) is 12.9. The molecule has 2 nitrogen and oxygen atoms in total. The van der Waals surface area contributed by atoms with Gasteiger partial charge in [0, 0.05) is 22.8 Å². The third-order valence-electron chi connectivity index (χ3n) is 9.59. The van der Waals surface area contributed by atoms with Crippen LogP contribution in [0.2, 0.25) is 0 Å². The molecule has 6 rings (SSSR count). The number of nitrogens with zero attached hydrogens (tertiary/aromatic N) is 2. The van der Waals surface area contributed by atoms with Crippen LogP contribution in [-0.2, 0) is 5.41 Å². The van der Waals surface area contributed by atoms with E-state index in [1.807, 2.05) is 0 Å². The molecule has 4 aliphatic rings. The summed E-state index contributed by atoms with van der Waals surface area (Å²) in [6.45, 7) is 7.28. The minimum atomic E-state index is 0.328. The molecular formula is C29H38N2. The summed E-state index contributed by atoms with van der Waals surface area (Å²) in [7, 11) is 0. The van der Waals surface area contributed by atoms with Crippen LogP contribution in [0.1, 0.15) is 76.3 Å². The fourth-order valence-electron chi connectivity index (χ4n) is 8.63. The van der Waals surface area contributed by atoms with Gasteiger partial charge < -0.3 is 9.80 Å². The molecule has 2 aliphatic carbocycles. The summed E-state index contributed by atoms with van der Waals surface area (Å²) < 4.78 is 0. The average molecular weight is 415 g/mol. The lowest BCUT2D eigenvalue weighted by Crippen LogP contribution is -2.55. The van der Waals surface area contributed by atoms with Crippen LogP contribution in [0, 0.1) is 18.8 Å². The summed E-state index contributed by atoms with van der Waals surface area (Å²) in [4.78, 5) is 5.62. The minimum Gasteiger partial charge on any atom is -0.346 e. The van der Waals surface area contributed by atoms with Crippen LogP contribution < -0.4 is 9.80 Å². The molecule has 2 aromatic rings. The summed E-state index contributed by atoms with van der Waals surface area (Å²) >= 11 is 0. The quantitative estimate of drug-likeness (QED) is 0.530. The van der Waals surface area contributed by atoms with Crippen molar-refractivity contribution < 1.29 is 0 Å². The van der Waals surface area contributed by atoms with Gasteiger partial charge >= 0.3 is 0 Å². The molecule has 2 heterocycles. The summed E-state index contributed by atoms with van der Waals surface area (Å²) in [5.74, 6) is 1.69. The van der Waals surface area contributed by atoms with Crippen molar-refractivity contribution in [3.8, 4) is 0 Å². The topological polar surface area (TPSA) is 6.48 Å². The van der Waals surface area contributed by atoms with Gasteiger partial charge in [0.1, 0.15) is 0 Å². The molecule has 2 heteroatoms. The Hall–Kier alpha value is -1.96. The van der Waals surface area contributed by atoms with E-state index in [2.05, 4.69) is 79.1 Å². The molecule has 0 spiro atoms. The fourth-order valence-corrected chi connectivity index (χ4v) is 8.63. The van der Waals surface area contributed by atoms with Gasteiger partial charge in [0.05, 0.1) is 12.2 Å². The van der Waals surface area contributed by atoms with E-state index in [4.69, 9.17) is 0 Å². The lowest BCUT2D eigenvalue weighted by Gasteiger charge is -2.48. The number of aryl methyl sites for hydroxylation is 1. The molecular weight excluding hydrogens is 376 g/mol. The second-order valence-electron chi connectivity index (χ2n) is 10.8. The van der Waals surface area contributed by atoms with E-state index in [-0.39, 0.29) is 0 Å². The molecule has 2 unspecified atom stereocenters. The molecule has 31 heavy (non-hydrogen) atoms. The molecule has 0 amide bonds. The third kappa shape index (κ3) is 2.57. The second-order valence-corrected chi connectivity index (χ2v) is 10.8. The van der Waals surface area contributed by atoms with Crippen molar-refractivity contribution in [3.05, 3.63) is 59.7 Å². The Bertz CT molecular complexity index is 937. The van der Waals surface area contributed by atoms with Gasteiger partial charge in [0.2, 0.25) is 0 Å². The van der Waals surface area contributed by atoms with Gasteiger partial charge in [-0.15, -0.1) is 0 Å². The lowest BCUT2D eigenvalue weighted by molar-refractivity contribution is 0.140. The van der Waals surface area contributed by atoms with Gasteiger partial charge in [-0.05, 0) is 81.5 Å². The smallest absolute Gasteiger partial charge is 0.0994 e. The van der Waals surface area contributed by atoms with Crippen LogP contribution in [0.3, 0.4) is 0 Å². The van der Waals surface area contributed by atoms with Gasteiger partial charge in [0.25, 0.3) is 0 Å². The van der Waals surface area contributed by atoms with E-state index in [0.717, 1.165) is 11.8 Å². The molecule has 0 N–H and O–H groups in total. The molecule has 3 atom stereocenters. The molecule has 2 aliphatic heterocycles. The molecule has 2 saturated carbocycles. The van der Waals surface area contributed by atoms with Crippen LogP contribution in [0.5, 0.6) is 0 Å². The van der Waals surface area contributed by atoms with Crippen molar-refractivity contribution in [2.24, 2.45) is 11.8 Å². The normalized spacial score (nSPS) is 30.2. The van der Waals surface area contributed by atoms with E-state index >= 15 is 0 Å². The Labute approximate surface area is 188 Å². The zero-order chi connectivity index (χ0) is 21.2. The predicted molar refractivity (Wildman–Crippen MR) is 131 cm³/mol. The highest BCUT2D eigenvalue weighted by Crippen LogP contribution is 2.64.